The van der Waals surface area contributed by atoms with Crippen LogP contribution in [0.4, 0.5) is 4.79 Å². The lowest BCUT2D eigenvalue weighted by Crippen LogP contribution is -2.24. The maximum atomic E-state index is 11.0. The number of carbonyl (C=O) groups is 1. The third-order valence-corrected chi connectivity index (χ3v) is 2.71. The fraction of sp³-hybridized carbons (Fsp3) is 0.444. The van der Waals surface area contributed by atoms with Gasteiger partial charge in [0.25, 0.3) is 0 Å². The minimum atomic E-state index is -0.494. The van der Waals surface area contributed by atoms with Gasteiger partial charge in [-0.15, -0.1) is 11.3 Å². The van der Waals surface area contributed by atoms with Crippen molar-refractivity contribution in [1.82, 2.24) is 5.32 Å². The molecule has 1 aromatic heterocycles. The smallest absolute Gasteiger partial charge is 0.407 e. The van der Waals surface area contributed by atoms with Gasteiger partial charge in [-0.05, 0) is 23.9 Å². The number of hydrogen-bond acceptors (Lipinski definition) is 4. The highest BCUT2D eigenvalue weighted by Crippen LogP contribution is 2.14. The number of rotatable bonds is 4. The molecule has 2 N–H and O–H groups in total. The summed E-state index contributed by atoms with van der Waals surface area (Å²) in [6, 6.07) is 2.00. The summed E-state index contributed by atoms with van der Waals surface area (Å²) >= 11 is 1.60. The van der Waals surface area contributed by atoms with Crippen molar-refractivity contribution in [2.24, 2.45) is 0 Å². The molecule has 0 saturated heterocycles. The number of amides is 1. The summed E-state index contributed by atoms with van der Waals surface area (Å²) in [7, 11) is 0. The van der Waals surface area contributed by atoms with Gasteiger partial charge in [0.05, 0.1) is 13.2 Å². The molecule has 0 aliphatic carbocycles. The fourth-order valence-corrected chi connectivity index (χ4v) is 1.77. The quantitative estimate of drug-likeness (QED) is 0.795. The predicted molar refractivity (Wildman–Crippen MR) is 54.3 cm³/mol. The number of ether oxygens (including phenoxy) is 1. The Morgan fingerprint density at radius 1 is 1.71 bits per heavy atom. The summed E-state index contributed by atoms with van der Waals surface area (Å²) in [6.07, 6.45) is -0.494. The Hall–Kier alpha value is -1.07. The standard InChI is InChI=1S/C9H13NO3S/c1-7-2-5-14-8(7)6-10-9(12)13-4-3-11/h2,5,11H,3-4,6H2,1H3,(H,10,12). The van der Waals surface area contributed by atoms with Crippen LogP contribution in [0.15, 0.2) is 11.4 Å². The molecule has 14 heavy (non-hydrogen) atoms. The number of aliphatic hydroxyl groups excluding tert-OH is 1. The lowest BCUT2D eigenvalue weighted by Gasteiger charge is -2.04. The molecular formula is C9H13NO3S. The van der Waals surface area contributed by atoms with Crippen LogP contribution in [-0.2, 0) is 11.3 Å². The average Bonchev–Trinajstić information content (AvgIpc) is 2.58. The molecule has 0 atom stereocenters. The number of nitrogens with one attached hydrogen (secondary N) is 1. The van der Waals surface area contributed by atoms with E-state index in [0.717, 1.165) is 10.4 Å². The van der Waals surface area contributed by atoms with Crippen molar-refractivity contribution in [3.05, 3.63) is 21.9 Å². The van der Waals surface area contributed by atoms with Crippen LogP contribution in [0.3, 0.4) is 0 Å². The average molecular weight is 215 g/mol. The molecule has 0 radical (unpaired) electrons. The molecule has 0 fully saturated rings. The van der Waals surface area contributed by atoms with Crippen molar-refractivity contribution in [3.8, 4) is 0 Å². The number of carbonyl (C=O) groups excluding carboxylic acids is 1. The number of aryl methyl sites for hydroxylation is 1. The van der Waals surface area contributed by atoms with E-state index >= 15 is 0 Å². The van der Waals surface area contributed by atoms with Gasteiger partial charge in [0.15, 0.2) is 0 Å². The first-order valence-electron chi connectivity index (χ1n) is 4.28. The highest BCUT2D eigenvalue weighted by Gasteiger charge is 2.03. The molecule has 0 unspecified atom stereocenters. The third-order valence-electron chi connectivity index (χ3n) is 1.69. The van der Waals surface area contributed by atoms with E-state index in [9.17, 15) is 4.79 Å². The van der Waals surface area contributed by atoms with Crippen LogP contribution in [-0.4, -0.2) is 24.4 Å². The highest BCUT2D eigenvalue weighted by atomic mass is 32.1. The van der Waals surface area contributed by atoms with Crippen molar-refractivity contribution < 1.29 is 14.6 Å². The van der Waals surface area contributed by atoms with Gasteiger partial charge >= 0.3 is 6.09 Å². The van der Waals surface area contributed by atoms with E-state index in [2.05, 4.69) is 10.1 Å². The lowest BCUT2D eigenvalue weighted by molar-refractivity contribution is 0.119. The van der Waals surface area contributed by atoms with E-state index in [1.807, 2.05) is 18.4 Å². The SMILES string of the molecule is Cc1ccsc1CNC(=O)OCCO. The predicted octanol–water partition coefficient (Wildman–Crippen LogP) is 1.28. The fourth-order valence-electron chi connectivity index (χ4n) is 0.927. The van der Waals surface area contributed by atoms with Crippen LogP contribution in [0.1, 0.15) is 10.4 Å². The zero-order valence-corrected chi connectivity index (χ0v) is 8.76. The minimum Gasteiger partial charge on any atom is -0.447 e. The maximum Gasteiger partial charge on any atom is 0.407 e. The normalized spacial score (nSPS) is 9.86. The van der Waals surface area contributed by atoms with Crippen LogP contribution in [0.5, 0.6) is 0 Å². The number of thiophene rings is 1. The van der Waals surface area contributed by atoms with Gasteiger partial charge in [-0.2, -0.15) is 0 Å². The Bertz CT molecular complexity index is 298. The van der Waals surface area contributed by atoms with Crippen LogP contribution >= 0.6 is 11.3 Å². The minimum absolute atomic E-state index is 0.0370. The van der Waals surface area contributed by atoms with Crippen molar-refractivity contribution in [3.63, 3.8) is 0 Å². The Labute approximate surface area is 86.5 Å². The molecule has 0 aliphatic rings. The summed E-state index contributed by atoms with van der Waals surface area (Å²) in [5.74, 6) is 0. The third kappa shape index (κ3) is 3.35. The number of aliphatic hydroxyl groups is 1. The van der Waals surface area contributed by atoms with Crippen LogP contribution in [0, 0.1) is 6.92 Å². The highest BCUT2D eigenvalue weighted by molar-refractivity contribution is 7.10. The monoisotopic (exact) mass is 215 g/mol. The van der Waals surface area contributed by atoms with Gasteiger partial charge in [0.2, 0.25) is 0 Å². The van der Waals surface area contributed by atoms with E-state index in [4.69, 9.17) is 5.11 Å². The molecule has 0 spiro atoms. The Balaban J connectivity index is 2.27. The van der Waals surface area contributed by atoms with Crippen LogP contribution in [0.25, 0.3) is 0 Å². The van der Waals surface area contributed by atoms with E-state index in [-0.39, 0.29) is 13.2 Å². The molecule has 5 heteroatoms. The summed E-state index contributed by atoms with van der Waals surface area (Å²) in [6.45, 7) is 2.36. The second-order valence-corrected chi connectivity index (χ2v) is 3.74. The maximum absolute atomic E-state index is 11.0. The zero-order chi connectivity index (χ0) is 10.4. The second kappa shape index (κ2) is 5.62. The van der Waals surface area contributed by atoms with Crippen LogP contribution in [0.2, 0.25) is 0 Å². The van der Waals surface area contributed by atoms with Crippen molar-refractivity contribution in [1.29, 1.82) is 0 Å². The summed E-state index contributed by atoms with van der Waals surface area (Å²) < 4.78 is 4.63. The van der Waals surface area contributed by atoms with Gasteiger partial charge in [0, 0.05) is 4.88 Å². The molecule has 1 heterocycles. The first-order chi connectivity index (χ1) is 6.74. The molecule has 1 amide bonds. The van der Waals surface area contributed by atoms with Gasteiger partial charge < -0.3 is 15.2 Å². The largest absolute Gasteiger partial charge is 0.447 e. The first kappa shape index (κ1) is 11.0. The molecule has 1 aromatic rings. The molecule has 0 aromatic carbocycles. The van der Waals surface area contributed by atoms with Gasteiger partial charge in [-0.1, -0.05) is 0 Å². The summed E-state index contributed by atoms with van der Waals surface area (Å²) in [5, 5.41) is 13.0. The van der Waals surface area contributed by atoms with Gasteiger partial charge in [-0.25, -0.2) is 4.79 Å². The number of alkyl carbamates (subject to hydrolysis) is 1. The molecule has 0 aliphatic heterocycles. The van der Waals surface area contributed by atoms with Crippen molar-refractivity contribution >= 4 is 17.4 Å². The molecule has 78 valence electrons. The summed E-state index contributed by atoms with van der Waals surface area (Å²) in [5.41, 5.74) is 1.16. The van der Waals surface area contributed by atoms with Gasteiger partial charge in [-0.3, -0.25) is 0 Å². The van der Waals surface area contributed by atoms with Crippen molar-refractivity contribution in [2.75, 3.05) is 13.2 Å². The topological polar surface area (TPSA) is 58.6 Å². The molecular weight excluding hydrogens is 202 g/mol. The Morgan fingerprint density at radius 3 is 3.07 bits per heavy atom. The van der Waals surface area contributed by atoms with E-state index in [0.29, 0.717) is 6.54 Å². The zero-order valence-electron chi connectivity index (χ0n) is 7.95. The first-order valence-corrected chi connectivity index (χ1v) is 5.16. The molecule has 0 bridgehead atoms. The van der Waals surface area contributed by atoms with E-state index < -0.39 is 6.09 Å². The lowest BCUT2D eigenvalue weighted by atomic mass is 10.3. The molecule has 0 saturated carbocycles. The van der Waals surface area contributed by atoms with Crippen molar-refractivity contribution in [2.45, 2.75) is 13.5 Å². The Kier molecular flexibility index (Phi) is 4.42. The van der Waals surface area contributed by atoms with Crippen LogP contribution < -0.4 is 5.32 Å². The molecule has 4 nitrogen and oxygen atoms in total. The summed E-state index contributed by atoms with van der Waals surface area (Å²) in [4.78, 5) is 12.1. The van der Waals surface area contributed by atoms with E-state index in [1.165, 1.54) is 0 Å². The molecule has 1 rings (SSSR count). The second-order valence-electron chi connectivity index (χ2n) is 2.74. The van der Waals surface area contributed by atoms with Gasteiger partial charge in [0.1, 0.15) is 6.61 Å². The Morgan fingerprint density at radius 2 is 2.50 bits per heavy atom. The number of hydrogen-bond donors (Lipinski definition) is 2. The van der Waals surface area contributed by atoms with E-state index in [1.54, 1.807) is 11.3 Å².